The maximum absolute atomic E-state index is 11.4. The number of hydrogen-bond acceptors (Lipinski definition) is 6. The molecule has 1 aliphatic rings. The highest BCUT2D eigenvalue weighted by Gasteiger charge is 2.26. The van der Waals surface area contributed by atoms with Gasteiger partial charge in [-0.2, -0.15) is 8.42 Å². The van der Waals surface area contributed by atoms with Crippen molar-refractivity contribution in [1.82, 2.24) is 4.31 Å². The zero-order valence-electron chi connectivity index (χ0n) is 7.83. The Labute approximate surface area is 87.0 Å². The fourth-order valence-electron chi connectivity index (χ4n) is 0.919. The molecular formula is C6H12N4O4S. The van der Waals surface area contributed by atoms with Crippen molar-refractivity contribution in [2.24, 2.45) is 15.9 Å². The summed E-state index contributed by atoms with van der Waals surface area (Å²) in [6.45, 7) is -0.497. The first-order valence-corrected chi connectivity index (χ1v) is 5.41. The van der Waals surface area contributed by atoms with E-state index < -0.39 is 10.2 Å². The number of nitrogens with two attached hydrogens (primary N) is 2. The molecule has 0 atom stereocenters. The molecular weight excluding hydrogens is 224 g/mol. The summed E-state index contributed by atoms with van der Waals surface area (Å²) in [6, 6.07) is 0. The van der Waals surface area contributed by atoms with Crippen molar-refractivity contribution in [2.75, 3.05) is 19.9 Å². The first kappa shape index (κ1) is 11.8. The summed E-state index contributed by atoms with van der Waals surface area (Å²) in [5.41, 5.74) is 10.7. The van der Waals surface area contributed by atoms with E-state index >= 15 is 0 Å². The summed E-state index contributed by atoms with van der Waals surface area (Å²) in [4.78, 5) is 0. The van der Waals surface area contributed by atoms with Crippen LogP contribution in [0.3, 0.4) is 0 Å². The molecule has 15 heavy (non-hydrogen) atoms. The SMILES string of the molecule is NC1=CC(N)=NS(=O)(=O)N1COCCO. The van der Waals surface area contributed by atoms with E-state index in [1.54, 1.807) is 0 Å². The third-order valence-corrected chi connectivity index (χ3v) is 2.84. The van der Waals surface area contributed by atoms with E-state index in [2.05, 4.69) is 4.40 Å². The maximum atomic E-state index is 11.4. The molecule has 1 heterocycles. The normalized spacial score (nSPS) is 19.7. The highest BCUT2D eigenvalue weighted by molar-refractivity contribution is 7.88. The van der Waals surface area contributed by atoms with Crippen molar-refractivity contribution in [3.05, 3.63) is 11.9 Å². The van der Waals surface area contributed by atoms with Crippen LogP contribution in [0.15, 0.2) is 16.3 Å². The van der Waals surface area contributed by atoms with E-state index in [-0.39, 0.29) is 31.6 Å². The minimum absolute atomic E-state index is 0.0124. The Morgan fingerprint density at radius 2 is 2.20 bits per heavy atom. The third-order valence-electron chi connectivity index (χ3n) is 1.53. The Bertz CT molecular complexity index is 388. The number of ether oxygens (including phenoxy) is 1. The average molecular weight is 236 g/mol. The van der Waals surface area contributed by atoms with Gasteiger partial charge in [0.1, 0.15) is 18.4 Å². The third kappa shape index (κ3) is 2.81. The highest BCUT2D eigenvalue weighted by Crippen LogP contribution is 2.12. The van der Waals surface area contributed by atoms with E-state index in [0.717, 1.165) is 4.31 Å². The number of nitrogens with zero attached hydrogens (tertiary/aromatic N) is 2. The van der Waals surface area contributed by atoms with E-state index in [9.17, 15) is 8.42 Å². The van der Waals surface area contributed by atoms with Crippen molar-refractivity contribution in [3.63, 3.8) is 0 Å². The number of aliphatic hydroxyl groups is 1. The molecule has 8 nitrogen and oxygen atoms in total. The first-order valence-electron chi connectivity index (χ1n) is 4.01. The molecule has 0 saturated heterocycles. The lowest BCUT2D eigenvalue weighted by atomic mass is 10.5. The monoisotopic (exact) mass is 236 g/mol. The van der Waals surface area contributed by atoms with Gasteiger partial charge in [0.2, 0.25) is 0 Å². The molecule has 0 saturated carbocycles. The molecule has 0 aromatic rings. The zero-order valence-corrected chi connectivity index (χ0v) is 8.64. The van der Waals surface area contributed by atoms with Gasteiger partial charge < -0.3 is 21.3 Å². The van der Waals surface area contributed by atoms with Crippen molar-refractivity contribution in [3.8, 4) is 0 Å². The Balaban J connectivity index is 2.77. The Kier molecular flexibility index (Phi) is 3.50. The second-order valence-electron chi connectivity index (χ2n) is 2.67. The lowest BCUT2D eigenvalue weighted by Crippen LogP contribution is -2.39. The van der Waals surface area contributed by atoms with Crippen LogP contribution < -0.4 is 11.5 Å². The Morgan fingerprint density at radius 1 is 1.53 bits per heavy atom. The van der Waals surface area contributed by atoms with Crippen LogP contribution in [0.1, 0.15) is 0 Å². The van der Waals surface area contributed by atoms with Crippen molar-refractivity contribution in [1.29, 1.82) is 0 Å². The molecule has 86 valence electrons. The summed E-state index contributed by atoms with van der Waals surface area (Å²) in [6.07, 6.45) is 1.21. The molecule has 0 amide bonds. The van der Waals surface area contributed by atoms with Gasteiger partial charge in [-0.3, -0.25) is 0 Å². The van der Waals surface area contributed by atoms with Gasteiger partial charge in [0, 0.05) is 6.08 Å². The standard InChI is InChI=1S/C6H12N4O4S/c7-5-3-6(8)10(4-14-2-1-11)15(12,13)9-5/h3,11H,1-2,4,8H2,(H2,7,9). The van der Waals surface area contributed by atoms with Crippen LogP contribution >= 0.6 is 0 Å². The molecule has 0 spiro atoms. The summed E-state index contributed by atoms with van der Waals surface area (Å²) >= 11 is 0. The second kappa shape index (κ2) is 4.47. The minimum atomic E-state index is -3.91. The first-order chi connectivity index (χ1) is 6.97. The van der Waals surface area contributed by atoms with Crippen molar-refractivity contribution >= 4 is 16.0 Å². The summed E-state index contributed by atoms with van der Waals surface area (Å²) in [5.74, 6) is -0.244. The molecule has 0 fully saturated rings. The van der Waals surface area contributed by atoms with Gasteiger partial charge in [-0.05, 0) is 0 Å². The molecule has 9 heteroatoms. The number of hydrogen-bond donors (Lipinski definition) is 3. The second-order valence-corrected chi connectivity index (χ2v) is 4.19. The van der Waals surface area contributed by atoms with Crippen molar-refractivity contribution in [2.45, 2.75) is 0 Å². The number of aliphatic hydroxyl groups excluding tert-OH is 1. The molecule has 0 bridgehead atoms. The van der Waals surface area contributed by atoms with Gasteiger partial charge in [0.05, 0.1) is 13.2 Å². The fraction of sp³-hybridized carbons (Fsp3) is 0.500. The van der Waals surface area contributed by atoms with Gasteiger partial charge >= 0.3 is 10.2 Å². The van der Waals surface area contributed by atoms with Crippen LogP contribution in [0.2, 0.25) is 0 Å². The lowest BCUT2D eigenvalue weighted by molar-refractivity contribution is 0.0550. The van der Waals surface area contributed by atoms with Gasteiger partial charge in [0.15, 0.2) is 0 Å². The minimum Gasteiger partial charge on any atom is -0.394 e. The van der Waals surface area contributed by atoms with Crippen LogP contribution in [0, 0.1) is 0 Å². The summed E-state index contributed by atoms with van der Waals surface area (Å²) < 4.78 is 31.6. The van der Waals surface area contributed by atoms with Crippen LogP contribution in [0.4, 0.5) is 0 Å². The van der Waals surface area contributed by atoms with Gasteiger partial charge in [0.25, 0.3) is 0 Å². The van der Waals surface area contributed by atoms with Gasteiger partial charge in [-0.1, -0.05) is 0 Å². The van der Waals surface area contributed by atoms with Crippen LogP contribution in [0.25, 0.3) is 0 Å². The van der Waals surface area contributed by atoms with Gasteiger partial charge in [-0.25, -0.2) is 4.31 Å². The molecule has 0 radical (unpaired) electrons. The molecule has 0 aliphatic carbocycles. The van der Waals surface area contributed by atoms with E-state index in [1.165, 1.54) is 6.08 Å². The van der Waals surface area contributed by atoms with E-state index in [1.807, 2.05) is 0 Å². The molecule has 1 aliphatic heterocycles. The predicted molar refractivity (Wildman–Crippen MR) is 52.6 cm³/mol. The van der Waals surface area contributed by atoms with E-state index in [4.69, 9.17) is 21.3 Å². The Morgan fingerprint density at radius 3 is 2.73 bits per heavy atom. The lowest BCUT2D eigenvalue weighted by Gasteiger charge is -2.23. The molecule has 0 unspecified atom stereocenters. The average Bonchev–Trinajstić information content (AvgIpc) is 2.08. The molecule has 1 rings (SSSR count). The van der Waals surface area contributed by atoms with Crippen LogP contribution in [0.5, 0.6) is 0 Å². The maximum Gasteiger partial charge on any atom is 0.349 e. The smallest absolute Gasteiger partial charge is 0.349 e. The summed E-state index contributed by atoms with van der Waals surface area (Å²) in [5, 5.41) is 8.45. The quantitative estimate of drug-likeness (QED) is 0.469. The number of rotatable bonds is 4. The molecule has 5 N–H and O–H groups in total. The predicted octanol–water partition coefficient (Wildman–Crippen LogP) is -2.33. The zero-order chi connectivity index (χ0) is 11.5. The van der Waals surface area contributed by atoms with Crippen LogP contribution in [-0.2, 0) is 14.9 Å². The summed E-state index contributed by atoms with van der Waals surface area (Å²) in [7, 11) is -3.91. The highest BCUT2D eigenvalue weighted by atomic mass is 32.2. The van der Waals surface area contributed by atoms with Gasteiger partial charge in [-0.15, -0.1) is 4.40 Å². The fourth-order valence-corrected chi connectivity index (χ4v) is 1.86. The Hall–Kier alpha value is -1.32. The van der Waals surface area contributed by atoms with Crippen LogP contribution in [-0.4, -0.2) is 43.6 Å². The topological polar surface area (TPSA) is 131 Å². The van der Waals surface area contributed by atoms with E-state index in [0.29, 0.717) is 0 Å². The largest absolute Gasteiger partial charge is 0.394 e. The number of amidine groups is 1. The molecule has 0 aromatic heterocycles. The molecule has 0 aromatic carbocycles. The van der Waals surface area contributed by atoms with Crippen molar-refractivity contribution < 1.29 is 18.3 Å².